The Morgan fingerprint density at radius 3 is 2.70 bits per heavy atom. The van der Waals surface area contributed by atoms with Crippen LogP contribution in [0.15, 0.2) is 41.8 Å². The van der Waals surface area contributed by atoms with Crippen LogP contribution in [0.4, 0.5) is 0 Å². The van der Waals surface area contributed by atoms with E-state index in [9.17, 15) is 9.90 Å². The fraction of sp³-hybridized carbons (Fsp3) is 0.133. The predicted molar refractivity (Wildman–Crippen MR) is 76.9 cm³/mol. The van der Waals surface area contributed by atoms with Gasteiger partial charge in [-0.1, -0.05) is 24.3 Å². The van der Waals surface area contributed by atoms with Crippen LogP contribution in [0.25, 0.3) is 0 Å². The Kier molecular flexibility index (Phi) is 4.10. The molecule has 5 nitrogen and oxygen atoms in total. The van der Waals surface area contributed by atoms with Gasteiger partial charge in [0.25, 0.3) is 5.91 Å². The number of carbonyl (C=O) groups is 1. The van der Waals surface area contributed by atoms with E-state index in [0.717, 1.165) is 11.1 Å². The molecule has 0 bridgehead atoms. The van der Waals surface area contributed by atoms with Crippen molar-refractivity contribution in [2.24, 2.45) is 5.10 Å². The molecule has 1 heterocycles. The molecular formula is C15H15N3O2. The molecule has 0 aliphatic heterocycles. The number of benzene rings is 1. The second kappa shape index (κ2) is 5.97. The molecule has 0 unspecified atom stereocenters. The van der Waals surface area contributed by atoms with Crippen molar-refractivity contribution in [3.63, 3.8) is 0 Å². The molecule has 0 fully saturated rings. The highest BCUT2D eigenvalue weighted by atomic mass is 16.3. The first-order valence-electron chi connectivity index (χ1n) is 6.12. The molecular weight excluding hydrogens is 254 g/mol. The van der Waals surface area contributed by atoms with Gasteiger partial charge in [-0.2, -0.15) is 5.10 Å². The maximum absolute atomic E-state index is 11.9. The molecule has 0 radical (unpaired) electrons. The van der Waals surface area contributed by atoms with Crippen LogP contribution in [0.5, 0.6) is 5.75 Å². The van der Waals surface area contributed by atoms with Crippen LogP contribution in [0.2, 0.25) is 0 Å². The van der Waals surface area contributed by atoms with Crippen molar-refractivity contribution in [2.75, 3.05) is 0 Å². The number of aromatic nitrogens is 1. The molecule has 5 heteroatoms. The summed E-state index contributed by atoms with van der Waals surface area (Å²) in [5.74, 6) is -0.624. The van der Waals surface area contributed by atoms with Gasteiger partial charge in [-0.05, 0) is 30.5 Å². The Bertz CT molecular complexity index is 646. The quantitative estimate of drug-likeness (QED) is 0.662. The monoisotopic (exact) mass is 269 g/mol. The summed E-state index contributed by atoms with van der Waals surface area (Å²) in [6.45, 7) is 3.66. The second-order valence-electron chi connectivity index (χ2n) is 4.41. The summed E-state index contributed by atoms with van der Waals surface area (Å²) in [4.78, 5) is 15.7. The Balaban J connectivity index is 2.12. The molecule has 1 aromatic carbocycles. The Labute approximate surface area is 117 Å². The minimum atomic E-state index is -0.466. The SMILES string of the molecule is Cc1ccccc1/C=N/NC(=O)c1c(C)cncc1O. The van der Waals surface area contributed by atoms with E-state index in [4.69, 9.17) is 0 Å². The van der Waals surface area contributed by atoms with E-state index in [1.54, 1.807) is 13.1 Å². The number of hydrogen-bond donors (Lipinski definition) is 2. The van der Waals surface area contributed by atoms with Crippen LogP contribution in [0, 0.1) is 13.8 Å². The average molecular weight is 269 g/mol. The van der Waals surface area contributed by atoms with E-state index in [2.05, 4.69) is 15.5 Å². The summed E-state index contributed by atoms with van der Waals surface area (Å²) in [7, 11) is 0. The third-order valence-corrected chi connectivity index (χ3v) is 2.90. The van der Waals surface area contributed by atoms with E-state index < -0.39 is 5.91 Å². The van der Waals surface area contributed by atoms with Gasteiger partial charge in [0.05, 0.1) is 18.0 Å². The van der Waals surface area contributed by atoms with Crippen molar-refractivity contribution in [3.8, 4) is 5.75 Å². The van der Waals surface area contributed by atoms with Crippen molar-refractivity contribution in [1.82, 2.24) is 10.4 Å². The van der Waals surface area contributed by atoms with E-state index in [1.165, 1.54) is 12.4 Å². The van der Waals surface area contributed by atoms with Crippen molar-refractivity contribution >= 4 is 12.1 Å². The van der Waals surface area contributed by atoms with Gasteiger partial charge in [-0.3, -0.25) is 9.78 Å². The van der Waals surface area contributed by atoms with E-state index in [1.807, 2.05) is 31.2 Å². The first kappa shape index (κ1) is 13.7. The molecule has 0 spiro atoms. The highest BCUT2D eigenvalue weighted by Gasteiger charge is 2.13. The number of nitrogens with one attached hydrogen (secondary N) is 1. The molecule has 0 atom stereocenters. The minimum absolute atomic E-state index is 0.159. The Morgan fingerprint density at radius 2 is 2.00 bits per heavy atom. The summed E-state index contributed by atoms with van der Waals surface area (Å²) >= 11 is 0. The fourth-order valence-electron chi connectivity index (χ4n) is 1.79. The zero-order valence-corrected chi connectivity index (χ0v) is 11.3. The lowest BCUT2D eigenvalue weighted by atomic mass is 10.1. The van der Waals surface area contributed by atoms with Crippen LogP contribution >= 0.6 is 0 Å². The van der Waals surface area contributed by atoms with Crippen LogP contribution in [0.3, 0.4) is 0 Å². The summed E-state index contributed by atoms with van der Waals surface area (Å²) in [6, 6.07) is 7.70. The molecule has 2 rings (SSSR count). The topological polar surface area (TPSA) is 74.6 Å². The van der Waals surface area contributed by atoms with Gasteiger partial charge in [-0.15, -0.1) is 0 Å². The van der Waals surface area contributed by atoms with Gasteiger partial charge in [-0.25, -0.2) is 5.43 Å². The van der Waals surface area contributed by atoms with Gasteiger partial charge in [0.1, 0.15) is 5.75 Å². The third-order valence-electron chi connectivity index (χ3n) is 2.90. The highest BCUT2D eigenvalue weighted by molar-refractivity contribution is 5.98. The van der Waals surface area contributed by atoms with Gasteiger partial charge in [0, 0.05) is 6.20 Å². The Hall–Kier alpha value is -2.69. The molecule has 20 heavy (non-hydrogen) atoms. The van der Waals surface area contributed by atoms with Crippen LogP contribution < -0.4 is 5.43 Å². The summed E-state index contributed by atoms with van der Waals surface area (Å²) in [5, 5.41) is 13.6. The Morgan fingerprint density at radius 1 is 1.25 bits per heavy atom. The van der Waals surface area contributed by atoms with Gasteiger partial charge >= 0.3 is 0 Å². The molecule has 1 aromatic heterocycles. The lowest BCUT2D eigenvalue weighted by Gasteiger charge is -2.05. The lowest BCUT2D eigenvalue weighted by molar-refractivity contribution is 0.0951. The smallest absolute Gasteiger partial charge is 0.275 e. The fourth-order valence-corrected chi connectivity index (χ4v) is 1.79. The average Bonchev–Trinajstić information content (AvgIpc) is 2.41. The first-order valence-corrected chi connectivity index (χ1v) is 6.12. The zero-order valence-electron chi connectivity index (χ0n) is 11.3. The van der Waals surface area contributed by atoms with Crippen molar-refractivity contribution in [2.45, 2.75) is 13.8 Å². The van der Waals surface area contributed by atoms with Gasteiger partial charge < -0.3 is 5.11 Å². The lowest BCUT2D eigenvalue weighted by Crippen LogP contribution is -2.19. The zero-order chi connectivity index (χ0) is 14.5. The highest BCUT2D eigenvalue weighted by Crippen LogP contribution is 2.18. The molecule has 0 saturated carbocycles. The van der Waals surface area contributed by atoms with Crippen molar-refractivity contribution in [3.05, 3.63) is 58.9 Å². The van der Waals surface area contributed by atoms with Crippen LogP contribution in [0.1, 0.15) is 27.0 Å². The van der Waals surface area contributed by atoms with Crippen molar-refractivity contribution in [1.29, 1.82) is 0 Å². The maximum Gasteiger partial charge on any atom is 0.275 e. The maximum atomic E-state index is 11.9. The number of hydrogen-bond acceptors (Lipinski definition) is 4. The number of hydrazone groups is 1. The summed E-state index contributed by atoms with van der Waals surface area (Å²) in [6.07, 6.45) is 4.31. The van der Waals surface area contributed by atoms with Crippen LogP contribution in [-0.4, -0.2) is 22.2 Å². The number of amides is 1. The summed E-state index contributed by atoms with van der Waals surface area (Å²) < 4.78 is 0. The summed E-state index contributed by atoms with van der Waals surface area (Å²) in [5.41, 5.74) is 5.16. The van der Waals surface area contributed by atoms with Crippen LogP contribution in [-0.2, 0) is 0 Å². The number of rotatable bonds is 3. The number of aryl methyl sites for hydroxylation is 2. The standard InChI is InChI=1S/C15H15N3O2/c1-10-5-3-4-6-12(10)8-17-18-15(20)14-11(2)7-16-9-13(14)19/h3-9,19H,1-2H3,(H,18,20)/b17-8+. The van der Waals surface area contributed by atoms with E-state index in [-0.39, 0.29) is 11.3 Å². The molecule has 2 aromatic rings. The largest absolute Gasteiger partial charge is 0.505 e. The van der Waals surface area contributed by atoms with Gasteiger partial charge in [0.15, 0.2) is 0 Å². The normalized spacial score (nSPS) is 10.7. The third kappa shape index (κ3) is 3.00. The first-order chi connectivity index (χ1) is 9.59. The predicted octanol–water partition coefficient (Wildman–Crippen LogP) is 2.17. The minimum Gasteiger partial charge on any atom is -0.505 e. The van der Waals surface area contributed by atoms with Crippen molar-refractivity contribution < 1.29 is 9.90 Å². The molecule has 1 amide bonds. The number of aromatic hydroxyl groups is 1. The second-order valence-corrected chi connectivity index (χ2v) is 4.41. The molecule has 2 N–H and O–H groups in total. The molecule has 0 aliphatic rings. The number of nitrogens with zero attached hydrogens (tertiary/aromatic N) is 2. The molecule has 0 saturated heterocycles. The van der Waals surface area contributed by atoms with E-state index in [0.29, 0.717) is 5.56 Å². The number of carbonyl (C=O) groups excluding carboxylic acids is 1. The van der Waals surface area contributed by atoms with E-state index >= 15 is 0 Å². The number of pyridine rings is 1. The molecule has 102 valence electrons. The van der Waals surface area contributed by atoms with Gasteiger partial charge in [0.2, 0.25) is 0 Å². The molecule has 0 aliphatic carbocycles.